The van der Waals surface area contributed by atoms with Gasteiger partial charge in [0.2, 0.25) is 5.91 Å². The van der Waals surface area contributed by atoms with Crippen LogP contribution in [0.2, 0.25) is 0 Å². The number of hydrogen-bond acceptors (Lipinski definition) is 3. The topological polar surface area (TPSA) is 55.4 Å². The van der Waals surface area contributed by atoms with E-state index in [0.29, 0.717) is 13.0 Å². The van der Waals surface area contributed by atoms with E-state index in [1.807, 2.05) is 0 Å². The maximum atomic E-state index is 11.6. The van der Waals surface area contributed by atoms with E-state index in [1.165, 1.54) is 70.6 Å². The molecule has 152 valence electrons. The fourth-order valence-electron chi connectivity index (χ4n) is 2.83. The summed E-state index contributed by atoms with van der Waals surface area (Å²) in [6, 6.07) is 0. The smallest absolute Gasteiger partial charge is 0.325 e. The van der Waals surface area contributed by atoms with Crippen LogP contribution >= 0.6 is 0 Å². The van der Waals surface area contributed by atoms with E-state index in [0.717, 1.165) is 12.8 Å². The predicted octanol–water partition coefficient (Wildman–Crippen LogP) is 5.70. The summed E-state index contributed by atoms with van der Waals surface area (Å²) in [5.74, 6) is -0.424. The van der Waals surface area contributed by atoms with E-state index in [9.17, 15) is 9.59 Å². The Morgan fingerprint density at radius 1 is 0.769 bits per heavy atom. The van der Waals surface area contributed by atoms with Crippen molar-refractivity contribution in [2.75, 3.05) is 13.2 Å². The van der Waals surface area contributed by atoms with Crippen molar-refractivity contribution in [1.29, 1.82) is 0 Å². The van der Waals surface area contributed by atoms with Crippen LogP contribution in [0, 0.1) is 0 Å². The minimum absolute atomic E-state index is 0.0140. The maximum Gasteiger partial charge on any atom is 0.325 e. The van der Waals surface area contributed by atoms with Crippen molar-refractivity contribution >= 4 is 11.9 Å². The lowest BCUT2D eigenvalue weighted by atomic mass is 10.1. The molecule has 0 aromatic heterocycles. The van der Waals surface area contributed by atoms with Gasteiger partial charge in [-0.25, -0.2) is 0 Å². The Kier molecular flexibility index (Phi) is 19.0. The van der Waals surface area contributed by atoms with Gasteiger partial charge in [-0.3, -0.25) is 9.59 Å². The zero-order valence-corrected chi connectivity index (χ0v) is 17.2. The molecule has 0 aromatic rings. The van der Waals surface area contributed by atoms with Crippen molar-refractivity contribution in [3.8, 4) is 0 Å². The summed E-state index contributed by atoms with van der Waals surface area (Å²) in [5, 5.41) is 2.60. The number of carbonyl (C=O) groups excluding carboxylic acids is 2. The summed E-state index contributed by atoms with van der Waals surface area (Å²) >= 11 is 0. The highest BCUT2D eigenvalue weighted by molar-refractivity contribution is 5.81. The van der Waals surface area contributed by atoms with Crippen LogP contribution in [-0.2, 0) is 14.3 Å². The fraction of sp³-hybridized carbons (Fsp3) is 0.818. The molecule has 0 saturated carbocycles. The van der Waals surface area contributed by atoms with Crippen molar-refractivity contribution in [1.82, 2.24) is 5.32 Å². The van der Waals surface area contributed by atoms with Crippen LogP contribution in [-0.4, -0.2) is 25.0 Å². The first-order valence-electron chi connectivity index (χ1n) is 10.8. The standard InChI is InChI=1S/C22H41NO3/c1-3-5-6-7-8-9-10-11-12-13-14-15-16-17-18-19-21(24)23-20-22(25)26-4-2/h9-10H,3-8,11-20H2,1-2H3,(H,23,24)/b10-9-. The second-order valence-corrected chi connectivity index (χ2v) is 6.92. The molecular formula is C22H41NO3. The quantitative estimate of drug-likeness (QED) is 0.192. The number of unbranched alkanes of at least 4 members (excludes halogenated alkanes) is 11. The summed E-state index contributed by atoms with van der Waals surface area (Å²) < 4.78 is 4.77. The third-order valence-corrected chi connectivity index (χ3v) is 4.40. The molecule has 26 heavy (non-hydrogen) atoms. The van der Waals surface area contributed by atoms with E-state index < -0.39 is 0 Å². The van der Waals surface area contributed by atoms with Crippen LogP contribution in [0.5, 0.6) is 0 Å². The highest BCUT2D eigenvalue weighted by Gasteiger charge is 2.05. The molecule has 4 nitrogen and oxygen atoms in total. The van der Waals surface area contributed by atoms with E-state index in [2.05, 4.69) is 24.4 Å². The molecule has 0 atom stereocenters. The summed E-state index contributed by atoms with van der Waals surface area (Å²) in [7, 11) is 0. The summed E-state index contributed by atoms with van der Waals surface area (Å²) in [5.41, 5.74) is 0. The molecule has 0 saturated heterocycles. The predicted molar refractivity (Wildman–Crippen MR) is 109 cm³/mol. The van der Waals surface area contributed by atoms with Crippen molar-refractivity contribution < 1.29 is 14.3 Å². The summed E-state index contributed by atoms with van der Waals surface area (Å²) in [6.07, 6.45) is 21.4. The molecule has 4 heteroatoms. The molecule has 0 radical (unpaired) electrons. The molecule has 0 spiro atoms. The van der Waals surface area contributed by atoms with Gasteiger partial charge < -0.3 is 10.1 Å². The first kappa shape index (κ1) is 24.7. The normalized spacial score (nSPS) is 11.0. The molecule has 0 heterocycles. The second-order valence-electron chi connectivity index (χ2n) is 6.92. The van der Waals surface area contributed by atoms with Gasteiger partial charge in [0.15, 0.2) is 0 Å². The first-order chi connectivity index (χ1) is 12.7. The molecule has 0 bridgehead atoms. The Bertz CT molecular complexity index is 366. The molecule has 0 aliphatic carbocycles. The Morgan fingerprint density at radius 3 is 1.88 bits per heavy atom. The lowest BCUT2D eigenvalue weighted by Crippen LogP contribution is -2.30. The zero-order chi connectivity index (χ0) is 19.3. The van der Waals surface area contributed by atoms with Crippen molar-refractivity contribution in [2.24, 2.45) is 0 Å². The highest BCUT2D eigenvalue weighted by Crippen LogP contribution is 2.10. The molecule has 0 rings (SSSR count). The van der Waals surface area contributed by atoms with E-state index in [-0.39, 0.29) is 18.4 Å². The maximum absolute atomic E-state index is 11.6. The number of ether oxygens (including phenoxy) is 1. The average molecular weight is 368 g/mol. The first-order valence-corrected chi connectivity index (χ1v) is 10.8. The van der Waals surface area contributed by atoms with E-state index >= 15 is 0 Å². The fourth-order valence-corrected chi connectivity index (χ4v) is 2.83. The van der Waals surface area contributed by atoms with Crippen LogP contribution in [0.4, 0.5) is 0 Å². The third-order valence-electron chi connectivity index (χ3n) is 4.40. The third kappa shape index (κ3) is 19.0. The molecule has 1 N–H and O–H groups in total. The molecule has 0 unspecified atom stereocenters. The summed E-state index contributed by atoms with van der Waals surface area (Å²) in [4.78, 5) is 22.7. The molecule has 1 amide bonds. The Balaban J connectivity index is 3.25. The number of rotatable bonds is 18. The van der Waals surface area contributed by atoms with Gasteiger partial charge >= 0.3 is 5.97 Å². The Labute approximate surface area is 161 Å². The van der Waals surface area contributed by atoms with Crippen LogP contribution in [0.3, 0.4) is 0 Å². The minimum atomic E-state index is -0.368. The van der Waals surface area contributed by atoms with Crippen molar-refractivity contribution in [2.45, 2.75) is 104 Å². The Hall–Kier alpha value is -1.32. The van der Waals surface area contributed by atoms with Gasteiger partial charge in [-0.05, 0) is 39.0 Å². The van der Waals surface area contributed by atoms with Crippen LogP contribution < -0.4 is 5.32 Å². The van der Waals surface area contributed by atoms with Crippen LogP contribution in [0.1, 0.15) is 104 Å². The SMILES string of the molecule is CCCCCC/C=C\CCCCCCCCCC(=O)NCC(=O)OCC. The average Bonchev–Trinajstić information content (AvgIpc) is 2.63. The van der Waals surface area contributed by atoms with Gasteiger partial charge in [-0.2, -0.15) is 0 Å². The molecular weight excluding hydrogens is 326 g/mol. The number of esters is 1. The minimum Gasteiger partial charge on any atom is -0.465 e. The van der Waals surface area contributed by atoms with Gasteiger partial charge in [-0.1, -0.05) is 70.4 Å². The Morgan fingerprint density at radius 2 is 1.31 bits per heavy atom. The molecule has 0 fully saturated rings. The molecule has 0 aliphatic rings. The zero-order valence-electron chi connectivity index (χ0n) is 17.2. The summed E-state index contributed by atoms with van der Waals surface area (Å²) in [6.45, 7) is 4.34. The van der Waals surface area contributed by atoms with Crippen molar-refractivity contribution in [3.63, 3.8) is 0 Å². The largest absolute Gasteiger partial charge is 0.465 e. The molecule has 0 aliphatic heterocycles. The number of nitrogens with one attached hydrogen (secondary N) is 1. The van der Waals surface area contributed by atoms with Gasteiger partial charge in [0.1, 0.15) is 6.54 Å². The highest BCUT2D eigenvalue weighted by atomic mass is 16.5. The van der Waals surface area contributed by atoms with Crippen molar-refractivity contribution in [3.05, 3.63) is 12.2 Å². The lowest BCUT2D eigenvalue weighted by molar-refractivity contribution is -0.143. The lowest BCUT2D eigenvalue weighted by Gasteiger charge is -2.05. The van der Waals surface area contributed by atoms with Gasteiger partial charge in [-0.15, -0.1) is 0 Å². The van der Waals surface area contributed by atoms with Crippen LogP contribution in [0.25, 0.3) is 0 Å². The number of hydrogen-bond donors (Lipinski definition) is 1. The van der Waals surface area contributed by atoms with E-state index in [1.54, 1.807) is 6.92 Å². The number of allylic oxidation sites excluding steroid dienone is 2. The molecule has 0 aromatic carbocycles. The monoisotopic (exact) mass is 367 g/mol. The number of amides is 1. The second kappa shape index (κ2) is 20.0. The van der Waals surface area contributed by atoms with Gasteiger partial charge in [0.25, 0.3) is 0 Å². The van der Waals surface area contributed by atoms with E-state index in [4.69, 9.17) is 4.74 Å². The number of carbonyl (C=O) groups is 2. The van der Waals surface area contributed by atoms with Gasteiger partial charge in [0, 0.05) is 6.42 Å². The van der Waals surface area contributed by atoms with Crippen LogP contribution in [0.15, 0.2) is 12.2 Å². The van der Waals surface area contributed by atoms with Gasteiger partial charge in [0.05, 0.1) is 6.61 Å².